The van der Waals surface area contributed by atoms with Crippen LogP contribution in [0.25, 0.3) is 16.8 Å². The number of ether oxygens (including phenoxy) is 2. The third-order valence-corrected chi connectivity index (χ3v) is 6.51. The third kappa shape index (κ3) is 5.83. The van der Waals surface area contributed by atoms with Crippen LogP contribution in [0, 0.1) is 11.3 Å². The molecule has 4 aromatic rings. The van der Waals surface area contributed by atoms with Crippen LogP contribution < -0.4 is 14.8 Å². The number of nitrogens with zero attached hydrogens (tertiary/aromatic N) is 1. The molecule has 1 amide bonds. The van der Waals surface area contributed by atoms with Crippen molar-refractivity contribution in [3.63, 3.8) is 0 Å². The molecule has 0 aliphatic heterocycles. The summed E-state index contributed by atoms with van der Waals surface area (Å²) >= 11 is 15.6. The molecule has 0 unspecified atom stereocenters. The monoisotopic (exact) mass is 580 g/mol. The molecule has 0 spiro atoms. The van der Waals surface area contributed by atoms with Crippen molar-refractivity contribution in [2.45, 2.75) is 6.61 Å². The van der Waals surface area contributed by atoms with Gasteiger partial charge in [-0.2, -0.15) is 5.26 Å². The van der Waals surface area contributed by atoms with Crippen LogP contribution in [-0.2, 0) is 11.4 Å². The van der Waals surface area contributed by atoms with Crippen LogP contribution in [0.2, 0.25) is 10.0 Å². The number of nitriles is 1. The third-order valence-electron chi connectivity index (χ3n) is 5.36. The molecule has 0 fully saturated rings. The second-order valence-electron chi connectivity index (χ2n) is 7.71. The summed E-state index contributed by atoms with van der Waals surface area (Å²) in [6.07, 6.45) is 1.45. The highest BCUT2D eigenvalue weighted by atomic mass is 79.9. The van der Waals surface area contributed by atoms with Gasteiger partial charge in [0.25, 0.3) is 5.91 Å². The van der Waals surface area contributed by atoms with Gasteiger partial charge in [-0.25, -0.2) is 0 Å². The van der Waals surface area contributed by atoms with E-state index in [9.17, 15) is 10.1 Å². The molecule has 0 bridgehead atoms. The smallest absolute Gasteiger partial charge is 0.266 e. The predicted molar refractivity (Wildman–Crippen MR) is 148 cm³/mol. The molecule has 4 rings (SSSR count). The molecule has 180 valence electrons. The van der Waals surface area contributed by atoms with Gasteiger partial charge in [0.1, 0.15) is 18.2 Å². The molecular formula is C28H19BrCl2N2O3. The lowest BCUT2D eigenvalue weighted by atomic mass is 10.1. The van der Waals surface area contributed by atoms with Crippen LogP contribution in [0.3, 0.4) is 0 Å². The zero-order valence-corrected chi connectivity index (χ0v) is 22.1. The number of amides is 1. The minimum Gasteiger partial charge on any atom is -0.493 e. The fraction of sp³-hybridized carbons (Fsp3) is 0.0714. The maximum atomic E-state index is 12.7. The molecule has 8 heteroatoms. The van der Waals surface area contributed by atoms with Crippen LogP contribution in [-0.4, -0.2) is 13.0 Å². The van der Waals surface area contributed by atoms with Crippen molar-refractivity contribution in [3.05, 3.63) is 104 Å². The number of fused-ring (bicyclic) bond motifs is 1. The standard InChI is InChI=1S/C28H19BrCl2N2O3/c1-35-26-13-17(11-20(15-32)28(34)33-25-14-21(30)9-10-24(25)31)12-23(29)27(26)36-16-19-7-4-6-18-5-2-3-8-22(18)19/h2-14H,16H2,1H3,(H,33,34)/b20-11-. The number of carbonyl (C=O) groups is 1. The summed E-state index contributed by atoms with van der Waals surface area (Å²) in [5.74, 6) is 0.343. The fourth-order valence-electron chi connectivity index (χ4n) is 3.63. The zero-order valence-electron chi connectivity index (χ0n) is 19.0. The molecule has 4 aromatic carbocycles. The van der Waals surface area contributed by atoms with E-state index in [-0.39, 0.29) is 5.57 Å². The van der Waals surface area contributed by atoms with E-state index in [1.807, 2.05) is 30.3 Å². The second kappa shape index (κ2) is 11.5. The van der Waals surface area contributed by atoms with Gasteiger partial charge in [0.05, 0.1) is 22.3 Å². The number of carbonyl (C=O) groups excluding carboxylic acids is 1. The van der Waals surface area contributed by atoms with Crippen molar-refractivity contribution in [2.24, 2.45) is 0 Å². The Kier molecular flexibility index (Phi) is 8.17. The van der Waals surface area contributed by atoms with Crippen LogP contribution in [0.15, 0.2) is 82.8 Å². The van der Waals surface area contributed by atoms with E-state index in [0.717, 1.165) is 16.3 Å². The maximum Gasteiger partial charge on any atom is 0.266 e. The van der Waals surface area contributed by atoms with E-state index in [0.29, 0.717) is 43.9 Å². The topological polar surface area (TPSA) is 71.3 Å². The Labute approximate surface area is 227 Å². The van der Waals surface area contributed by atoms with Gasteiger partial charge in [-0.05, 0) is 74.2 Å². The normalized spacial score (nSPS) is 11.1. The first kappa shape index (κ1) is 25.6. The summed E-state index contributed by atoms with van der Waals surface area (Å²) in [5.41, 5.74) is 1.80. The Morgan fingerprint density at radius 1 is 1.08 bits per heavy atom. The first-order chi connectivity index (χ1) is 17.4. The van der Waals surface area contributed by atoms with Crippen LogP contribution >= 0.6 is 39.1 Å². The van der Waals surface area contributed by atoms with Gasteiger partial charge >= 0.3 is 0 Å². The van der Waals surface area contributed by atoms with Gasteiger partial charge in [0.2, 0.25) is 0 Å². The van der Waals surface area contributed by atoms with E-state index in [4.69, 9.17) is 32.7 Å². The van der Waals surface area contributed by atoms with Gasteiger partial charge in [-0.15, -0.1) is 0 Å². The van der Waals surface area contributed by atoms with E-state index in [1.54, 1.807) is 24.3 Å². The van der Waals surface area contributed by atoms with Gasteiger partial charge < -0.3 is 14.8 Å². The summed E-state index contributed by atoms with van der Waals surface area (Å²) < 4.78 is 12.3. The lowest BCUT2D eigenvalue weighted by molar-refractivity contribution is -0.112. The van der Waals surface area contributed by atoms with Crippen molar-refractivity contribution in [1.82, 2.24) is 0 Å². The molecule has 0 aromatic heterocycles. The number of rotatable bonds is 7. The molecule has 5 nitrogen and oxygen atoms in total. The molecule has 0 saturated heterocycles. The minimum absolute atomic E-state index is 0.121. The quantitative estimate of drug-likeness (QED) is 0.177. The van der Waals surface area contributed by atoms with Crippen molar-refractivity contribution in [3.8, 4) is 17.6 Å². The van der Waals surface area contributed by atoms with Gasteiger partial charge in [-0.3, -0.25) is 4.79 Å². The number of benzene rings is 4. The number of hydrogen-bond acceptors (Lipinski definition) is 4. The first-order valence-corrected chi connectivity index (χ1v) is 12.3. The molecule has 0 aliphatic carbocycles. The Hall–Kier alpha value is -3.50. The van der Waals surface area contributed by atoms with Gasteiger partial charge in [-0.1, -0.05) is 65.7 Å². The molecule has 0 atom stereocenters. The zero-order chi connectivity index (χ0) is 25.7. The van der Waals surface area contributed by atoms with Gasteiger partial charge in [0.15, 0.2) is 11.5 Å². The van der Waals surface area contributed by atoms with Crippen LogP contribution in [0.5, 0.6) is 11.5 Å². The highest BCUT2D eigenvalue weighted by molar-refractivity contribution is 9.10. The SMILES string of the molecule is COc1cc(/C=C(/C#N)C(=O)Nc2cc(Cl)ccc2Cl)cc(Br)c1OCc1cccc2ccccc12. The average Bonchev–Trinajstić information content (AvgIpc) is 2.88. The Balaban J connectivity index is 1.58. The van der Waals surface area contributed by atoms with Crippen LogP contribution in [0.1, 0.15) is 11.1 Å². The van der Waals surface area contributed by atoms with Gasteiger partial charge in [0, 0.05) is 5.02 Å². The summed E-state index contributed by atoms with van der Waals surface area (Å²) in [4.78, 5) is 12.7. The minimum atomic E-state index is -0.618. The van der Waals surface area contributed by atoms with Crippen molar-refractivity contribution in [1.29, 1.82) is 5.26 Å². The van der Waals surface area contributed by atoms with E-state index in [1.165, 1.54) is 19.3 Å². The lowest BCUT2D eigenvalue weighted by Gasteiger charge is -2.15. The Morgan fingerprint density at radius 2 is 1.86 bits per heavy atom. The molecule has 1 N–H and O–H groups in total. The number of anilines is 1. The Bertz CT molecular complexity index is 1520. The van der Waals surface area contributed by atoms with Crippen molar-refractivity contribution < 1.29 is 14.3 Å². The largest absolute Gasteiger partial charge is 0.493 e. The highest BCUT2D eigenvalue weighted by Crippen LogP contribution is 2.38. The predicted octanol–water partition coefficient (Wildman–Crippen LogP) is 8.04. The molecule has 0 radical (unpaired) electrons. The molecule has 0 heterocycles. The van der Waals surface area contributed by atoms with Crippen molar-refractivity contribution in [2.75, 3.05) is 12.4 Å². The highest BCUT2D eigenvalue weighted by Gasteiger charge is 2.16. The van der Waals surface area contributed by atoms with Crippen molar-refractivity contribution >= 4 is 67.6 Å². The lowest BCUT2D eigenvalue weighted by Crippen LogP contribution is -2.13. The van der Waals surface area contributed by atoms with E-state index in [2.05, 4.69) is 39.4 Å². The molecule has 0 aliphatic rings. The summed E-state index contributed by atoms with van der Waals surface area (Å²) in [5, 5.41) is 15.2. The molecule has 36 heavy (non-hydrogen) atoms. The average molecular weight is 582 g/mol. The maximum absolute atomic E-state index is 12.7. The summed E-state index contributed by atoms with van der Waals surface area (Å²) in [6, 6.07) is 24.2. The fourth-order valence-corrected chi connectivity index (χ4v) is 4.54. The molecular weight excluding hydrogens is 563 g/mol. The number of halogens is 3. The van der Waals surface area contributed by atoms with Crippen LogP contribution in [0.4, 0.5) is 5.69 Å². The number of hydrogen-bond donors (Lipinski definition) is 1. The molecule has 0 saturated carbocycles. The number of nitrogens with one attached hydrogen (secondary N) is 1. The Morgan fingerprint density at radius 3 is 2.64 bits per heavy atom. The number of methoxy groups -OCH3 is 1. The summed E-state index contributed by atoms with van der Waals surface area (Å²) in [7, 11) is 1.53. The second-order valence-corrected chi connectivity index (χ2v) is 9.41. The van der Waals surface area contributed by atoms with E-state index < -0.39 is 5.91 Å². The summed E-state index contributed by atoms with van der Waals surface area (Å²) in [6.45, 7) is 0.331. The first-order valence-electron chi connectivity index (χ1n) is 10.7. The van der Waals surface area contributed by atoms with E-state index >= 15 is 0 Å².